The lowest BCUT2D eigenvalue weighted by Gasteiger charge is -1.86. The molecule has 0 amide bonds. The van der Waals surface area contributed by atoms with E-state index in [2.05, 4.69) is 5.32 Å². The maximum absolute atomic E-state index is 8.18. The predicted octanol–water partition coefficient (Wildman–Crippen LogP) is -4.43. The number of nitrogens with two attached hydrogens (primary N) is 1. The molecule has 2 nitrogen and oxygen atoms in total. The van der Waals surface area contributed by atoms with Crippen LogP contribution in [0.5, 0.6) is 0 Å². The fraction of sp³-hybridized carbons (Fsp3) is 1.00. The van der Waals surface area contributed by atoms with Gasteiger partial charge >= 0.3 is 0 Å². The molecule has 0 aliphatic rings. The Bertz CT molecular complexity index is 23.7. The minimum absolute atomic E-state index is 0. The highest BCUT2D eigenvalue weighted by Crippen LogP contribution is 1.61. The Labute approximate surface area is 50.3 Å². The van der Waals surface area contributed by atoms with Crippen LogP contribution in [0.4, 0.5) is 0 Å². The van der Waals surface area contributed by atoms with Crippen molar-refractivity contribution in [1.29, 1.82) is 0 Å². The summed E-state index contributed by atoms with van der Waals surface area (Å²) < 4.78 is 0. The van der Waals surface area contributed by atoms with Crippen molar-refractivity contribution in [2.75, 3.05) is 20.2 Å². The van der Waals surface area contributed by atoms with Crippen molar-refractivity contribution in [1.82, 2.24) is 0 Å². The maximum Gasteiger partial charge on any atom is 0.0775 e. The monoisotopic (exact) mass is 125 g/mol. The van der Waals surface area contributed by atoms with Gasteiger partial charge in [-0.1, -0.05) is 0 Å². The topological polar surface area (TPSA) is 36.8 Å². The molecule has 0 bridgehead atoms. The Morgan fingerprint density at radius 2 is 2.14 bits per heavy atom. The number of aliphatic hydroxyl groups excluding tert-OH is 1. The first kappa shape index (κ1) is 10.2. The molecule has 0 heterocycles. The lowest BCUT2D eigenvalue weighted by Crippen LogP contribution is -3.00. The normalized spacial score (nSPS) is 7.71. The zero-order chi connectivity index (χ0) is 4.83. The van der Waals surface area contributed by atoms with Crippen LogP contribution in [0.2, 0.25) is 0 Å². The van der Waals surface area contributed by atoms with Crippen LogP contribution >= 0.6 is 0 Å². The van der Waals surface area contributed by atoms with Crippen molar-refractivity contribution in [3.63, 3.8) is 0 Å². The minimum Gasteiger partial charge on any atom is -1.00 e. The Kier molecular flexibility index (Phi) is 13.9. The highest BCUT2D eigenvalue weighted by atomic mass is 35.5. The zero-order valence-electron chi connectivity index (χ0n) is 4.52. The summed E-state index contributed by atoms with van der Waals surface area (Å²) in [6, 6.07) is 0. The van der Waals surface area contributed by atoms with Gasteiger partial charge in [0.2, 0.25) is 0 Å². The lowest BCUT2D eigenvalue weighted by atomic mass is 10.5. The fourth-order valence-electron chi connectivity index (χ4n) is 0.295. The first-order chi connectivity index (χ1) is 2.91. The summed E-state index contributed by atoms with van der Waals surface area (Å²) >= 11 is 0. The van der Waals surface area contributed by atoms with Crippen molar-refractivity contribution >= 4 is 0 Å². The molecule has 0 aromatic heterocycles. The molecular formula is C4H12ClNO. The zero-order valence-corrected chi connectivity index (χ0v) is 5.28. The molecule has 0 unspecified atom stereocenters. The Hall–Kier alpha value is 0.210. The molecule has 0 saturated carbocycles. The van der Waals surface area contributed by atoms with Crippen LogP contribution < -0.4 is 17.7 Å². The number of aliphatic hydroxyl groups is 1. The second-order valence-corrected chi connectivity index (χ2v) is 1.27. The van der Waals surface area contributed by atoms with Gasteiger partial charge in [0.25, 0.3) is 0 Å². The lowest BCUT2D eigenvalue weighted by molar-refractivity contribution is -0.627. The Balaban J connectivity index is 0. The maximum atomic E-state index is 8.18. The largest absolute Gasteiger partial charge is 1.00 e. The highest BCUT2D eigenvalue weighted by molar-refractivity contribution is 4.21. The van der Waals surface area contributed by atoms with E-state index in [1.807, 2.05) is 7.05 Å². The van der Waals surface area contributed by atoms with Gasteiger partial charge in [-0.2, -0.15) is 0 Å². The number of hydrogen-bond donors (Lipinski definition) is 2. The van der Waals surface area contributed by atoms with E-state index in [1.54, 1.807) is 0 Å². The second-order valence-electron chi connectivity index (χ2n) is 1.27. The van der Waals surface area contributed by atoms with Gasteiger partial charge in [-0.05, 0) is 0 Å². The van der Waals surface area contributed by atoms with Crippen LogP contribution in [0.15, 0.2) is 0 Å². The minimum atomic E-state index is 0. The van der Waals surface area contributed by atoms with Crippen LogP contribution in [0.25, 0.3) is 0 Å². The molecule has 3 N–H and O–H groups in total. The third-order valence-corrected chi connectivity index (χ3v) is 0.651. The first-order valence-corrected chi connectivity index (χ1v) is 2.30. The molecule has 0 spiro atoms. The molecule has 3 heteroatoms. The van der Waals surface area contributed by atoms with Crippen molar-refractivity contribution in [2.45, 2.75) is 6.42 Å². The first-order valence-electron chi connectivity index (χ1n) is 2.30. The van der Waals surface area contributed by atoms with Crippen molar-refractivity contribution in [3.05, 3.63) is 0 Å². The summed E-state index contributed by atoms with van der Waals surface area (Å²) in [5.74, 6) is 0. The third-order valence-electron chi connectivity index (χ3n) is 0.651. The van der Waals surface area contributed by atoms with Gasteiger partial charge in [-0.15, -0.1) is 0 Å². The molecule has 46 valence electrons. The van der Waals surface area contributed by atoms with Crippen LogP contribution in [0, 0.1) is 0 Å². The van der Waals surface area contributed by atoms with E-state index in [0.717, 1.165) is 13.0 Å². The average Bonchev–Trinajstić information content (AvgIpc) is 1.61. The molecule has 0 aliphatic carbocycles. The van der Waals surface area contributed by atoms with E-state index >= 15 is 0 Å². The van der Waals surface area contributed by atoms with E-state index in [4.69, 9.17) is 5.11 Å². The van der Waals surface area contributed by atoms with Gasteiger partial charge in [0, 0.05) is 13.0 Å². The standard InChI is InChI=1S/C4H11NO.ClH/c1-5-3-2-4-6;/h5-6H,2-4H2,1H3;1H. The molecule has 0 radical (unpaired) electrons. The van der Waals surface area contributed by atoms with Gasteiger partial charge in [-0.25, -0.2) is 0 Å². The van der Waals surface area contributed by atoms with Crippen LogP contribution in [-0.2, 0) is 0 Å². The summed E-state index contributed by atoms with van der Waals surface area (Å²) in [6.45, 7) is 1.36. The van der Waals surface area contributed by atoms with Gasteiger partial charge in [0.15, 0.2) is 0 Å². The highest BCUT2D eigenvalue weighted by Gasteiger charge is 1.77. The molecule has 0 aromatic rings. The SMILES string of the molecule is C[NH2+]CCCO.[Cl-]. The smallest absolute Gasteiger partial charge is 0.0775 e. The van der Waals surface area contributed by atoms with E-state index in [-0.39, 0.29) is 12.4 Å². The van der Waals surface area contributed by atoms with E-state index in [0.29, 0.717) is 6.61 Å². The van der Waals surface area contributed by atoms with E-state index in [1.165, 1.54) is 0 Å². The number of rotatable bonds is 3. The summed E-state index contributed by atoms with van der Waals surface area (Å²) in [4.78, 5) is 0. The molecule has 0 aromatic carbocycles. The molecule has 0 atom stereocenters. The van der Waals surface area contributed by atoms with Crippen LogP contribution in [0.1, 0.15) is 6.42 Å². The Morgan fingerprint density at radius 1 is 1.57 bits per heavy atom. The summed E-state index contributed by atoms with van der Waals surface area (Å²) in [5, 5.41) is 10.2. The summed E-state index contributed by atoms with van der Waals surface area (Å²) in [6.07, 6.45) is 0.913. The van der Waals surface area contributed by atoms with Crippen LogP contribution in [-0.4, -0.2) is 25.3 Å². The molecule has 0 saturated heterocycles. The van der Waals surface area contributed by atoms with Crippen molar-refractivity contribution in [2.24, 2.45) is 0 Å². The predicted molar refractivity (Wildman–Crippen MR) is 24.4 cm³/mol. The molecule has 0 aliphatic heterocycles. The van der Waals surface area contributed by atoms with Gasteiger partial charge in [0.1, 0.15) is 0 Å². The van der Waals surface area contributed by atoms with Gasteiger partial charge in [-0.3, -0.25) is 0 Å². The van der Waals surface area contributed by atoms with Gasteiger partial charge < -0.3 is 22.8 Å². The Morgan fingerprint density at radius 3 is 2.29 bits per heavy atom. The molecule has 7 heavy (non-hydrogen) atoms. The summed E-state index contributed by atoms with van der Waals surface area (Å²) in [7, 11) is 2.00. The average molecular weight is 126 g/mol. The summed E-state index contributed by atoms with van der Waals surface area (Å²) in [5.41, 5.74) is 0. The van der Waals surface area contributed by atoms with E-state index < -0.39 is 0 Å². The molecule has 0 fully saturated rings. The third kappa shape index (κ3) is 10.7. The number of quaternary nitrogens is 1. The van der Waals surface area contributed by atoms with E-state index in [9.17, 15) is 0 Å². The molecular weight excluding hydrogens is 114 g/mol. The quantitative estimate of drug-likeness (QED) is 0.367. The second kappa shape index (κ2) is 9.51. The fourth-order valence-corrected chi connectivity index (χ4v) is 0.295. The number of halogens is 1. The van der Waals surface area contributed by atoms with Crippen molar-refractivity contribution < 1.29 is 22.8 Å². The van der Waals surface area contributed by atoms with Crippen LogP contribution in [0.3, 0.4) is 0 Å². The van der Waals surface area contributed by atoms with Crippen molar-refractivity contribution in [3.8, 4) is 0 Å². The van der Waals surface area contributed by atoms with Gasteiger partial charge in [0.05, 0.1) is 13.6 Å². The molecule has 0 rings (SSSR count). The number of hydrogen-bond acceptors (Lipinski definition) is 1.